The second kappa shape index (κ2) is 10.1. The van der Waals surface area contributed by atoms with Crippen molar-refractivity contribution in [3.05, 3.63) is 89.2 Å². The Labute approximate surface area is 210 Å². The van der Waals surface area contributed by atoms with Crippen LogP contribution in [-0.4, -0.2) is 48.8 Å². The quantitative estimate of drug-likeness (QED) is 0.365. The number of amides is 1. The van der Waals surface area contributed by atoms with Gasteiger partial charge in [0.2, 0.25) is 12.1 Å². The molecular weight excluding hydrogens is 487 g/mol. The van der Waals surface area contributed by atoms with E-state index in [-0.39, 0.29) is 11.4 Å². The number of benzene rings is 2. The summed E-state index contributed by atoms with van der Waals surface area (Å²) in [5.74, 6) is -1.23. The van der Waals surface area contributed by atoms with E-state index in [0.29, 0.717) is 23.2 Å². The fourth-order valence-corrected chi connectivity index (χ4v) is 3.58. The normalized spacial score (nSPS) is 15.7. The lowest BCUT2D eigenvalue weighted by atomic mass is 10.0. The first-order chi connectivity index (χ1) is 17.5. The maximum absolute atomic E-state index is 13.1. The van der Waals surface area contributed by atoms with Crippen LogP contribution in [0.25, 0.3) is 0 Å². The Kier molecular flexibility index (Phi) is 6.92. The number of carbonyl (C=O) groups is 1. The Morgan fingerprint density at radius 1 is 1.14 bits per heavy atom. The number of benzodiazepines with no additional fused rings is 1. The molecule has 4 rings (SSSR count). The number of amidine groups is 1. The van der Waals surface area contributed by atoms with Gasteiger partial charge in [0.15, 0.2) is 0 Å². The number of aromatic nitrogens is 1. The summed E-state index contributed by atoms with van der Waals surface area (Å²) in [6.45, 7) is 0. The monoisotopic (exact) mass is 509 g/mol. The molecule has 190 valence electrons. The minimum absolute atomic E-state index is 0.0142. The van der Waals surface area contributed by atoms with Crippen LogP contribution in [0.15, 0.2) is 76.8 Å². The Morgan fingerprint density at radius 2 is 1.81 bits per heavy atom. The summed E-state index contributed by atoms with van der Waals surface area (Å²) in [7, 11) is 3.00. The Hall–Kier alpha value is -4.74. The number of nitrogens with zero attached hydrogens (tertiary/aromatic N) is 4. The molecule has 0 saturated heterocycles. The van der Waals surface area contributed by atoms with Gasteiger partial charge in [0.25, 0.3) is 11.9 Å². The number of nitrogens with two attached hydrogens (primary N) is 1. The number of pyridine rings is 1. The topological polar surface area (TPSA) is 129 Å². The fraction of sp³-hybridized carbons (Fsp3) is 0.160. The summed E-state index contributed by atoms with van der Waals surface area (Å²) in [6, 6.07) is 16.6. The van der Waals surface area contributed by atoms with Gasteiger partial charge in [-0.15, -0.1) is 0 Å². The Bertz CT molecular complexity index is 1400. The van der Waals surface area contributed by atoms with Crippen molar-refractivity contribution in [1.82, 2.24) is 4.98 Å². The molecule has 0 fully saturated rings. The van der Waals surface area contributed by atoms with E-state index < -0.39 is 35.7 Å². The molecule has 0 bridgehead atoms. The van der Waals surface area contributed by atoms with Crippen LogP contribution in [0, 0.1) is 5.41 Å². The molecule has 2 heterocycles. The number of ether oxygens (including phenoxy) is 1. The predicted molar refractivity (Wildman–Crippen MR) is 134 cm³/mol. The van der Waals surface area contributed by atoms with Gasteiger partial charge in [-0.1, -0.05) is 48.5 Å². The molecule has 0 aliphatic carbocycles. The number of carbonyl (C=O) groups excluding carboxylic acids is 1. The lowest BCUT2D eigenvalue weighted by Gasteiger charge is -2.19. The Balaban J connectivity index is 1.66. The van der Waals surface area contributed by atoms with Gasteiger partial charge in [0.05, 0.1) is 22.6 Å². The maximum atomic E-state index is 13.1. The van der Waals surface area contributed by atoms with E-state index in [9.17, 15) is 18.0 Å². The number of alkyl halides is 3. The molecule has 2 aromatic carbocycles. The zero-order chi connectivity index (χ0) is 26.7. The number of rotatable bonds is 4. The van der Waals surface area contributed by atoms with E-state index in [0.717, 1.165) is 11.6 Å². The first kappa shape index (κ1) is 25.4. The largest absolute Gasteiger partial charge is 0.417 e. The van der Waals surface area contributed by atoms with Crippen molar-refractivity contribution >= 4 is 34.9 Å². The SMILES string of the molecule is CN(C)c1cc(C(F)(F)F)cnc1C(=N)O/C(N)=N/C1N=C(c2ccccc2)c2ccccc2NC1=O. The summed E-state index contributed by atoms with van der Waals surface area (Å²) < 4.78 is 44.6. The number of para-hydroxylation sites is 1. The van der Waals surface area contributed by atoms with Crippen LogP contribution < -0.4 is 16.0 Å². The maximum Gasteiger partial charge on any atom is 0.417 e. The molecule has 1 amide bonds. The van der Waals surface area contributed by atoms with Gasteiger partial charge in [-0.25, -0.2) is 9.98 Å². The summed E-state index contributed by atoms with van der Waals surface area (Å²) in [4.78, 5) is 26.6. The molecule has 1 aliphatic heterocycles. The minimum atomic E-state index is -4.61. The van der Waals surface area contributed by atoms with E-state index in [2.05, 4.69) is 20.3 Å². The number of hydrogen-bond donors (Lipinski definition) is 3. The molecule has 1 atom stereocenters. The van der Waals surface area contributed by atoms with Gasteiger partial charge in [0, 0.05) is 31.4 Å². The second-order valence-corrected chi connectivity index (χ2v) is 8.13. The third-order valence-corrected chi connectivity index (χ3v) is 5.32. The van der Waals surface area contributed by atoms with Crippen molar-refractivity contribution < 1.29 is 22.7 Å². The summed E-state index contributed by atoms with van der Waals surface area (Å²) in [5, 5.41) is 11.0. The smallest absolute Gasteiger partial charge is 0.405 e. The van der Waals surface area contributed by atoms with Gasteiger partial charge < -0.3 is 20.7 Å². The summed E-state index contributed by atoms with van der Waals surface area (Å²) in [5.41, 5.74) is 7.14. The molecule has 9 nitrogen and oxygen atoms in total. The first-order valence-electron chi connectivity index (χ1n) is 10.9. The number of nitrogens with one attached hydrogen (secondary N) is 2. The van der Waals surface area contributed by atoms with Crippen LogP contribution in [0.2, 0.25) is 0 Å². The van der Waals surface area contributed by atoms with Gasteiger partial charge in [-0.05, 0) is 12.1 Å². The zero-order valence-corrected chi connectivity index (χ0v) is 19.7. The molecule has 1 aromatic heterocycles. The molecule has 3 aromatic rings. The predicted octanol–water partition coefficient (Wildman–Crippen LogP) is 3.64. The van der Waals surface area contributed by atoms with Crippen molar-refractivity contribution in [2.75, 3.05) is 24.3 Å². The Morgan fingerprint density at radius 3 is 2.49 bits per heavy atom. The van der Waals surface area contributed by atoms with Crippen molar-refractivity contribution in [1.29, 1.82) is 5.41 Å². The van der Waals surface area contributed by atoms with Crippen molar-refractivity contribution in [3.63, 3.8) is 0 Å². The standard InChI is InChI=1S/C25H22F3N7O2/c1-35(2)18-12-15(25(26,27)28)13-31-20(18)21(29)37-24(30)34-22-23(36)32-17-11-7-6-10-16(17)19(33-22)14-8-4-3-5-9-14/h3-13,22,29H,1-2H3,(H2,30,34)(H,32,36). The highest BCUT2D eigenvalue weighted by Gasteiger charge is 2.33. The number of hydrogen-bond acceptors (Lipinski definition) is 7. The van der Waals surface area contributed by atoms with E-state index in [4.69, 9.17) is 15.9 Å². The molecular formula is C25H22F3N7O2. The van der Waals surface area contributed by atoms with Crippen LogP contribution in [0.4, 0.5) is 24.5 Å². The summed E-state index contributed by atoms with van der Waals surface area (Å²) >= 11 is 0. The van der Waals surface area contributed by atoms with Crippen LogP contribution in [-0.2, 0) is 15.7 Å². The molecule has 12 heteroatoms. The minimum Gasteiger partial charge on any atom is -0.405 e. The van der Waals surface area contributed by atoms with Crippen LogP contribution >= 0.6 is 0 Å². The third kappa shape index (κ3) is 5.58. The average Bonchev–Trinajstić information content (AvgIpc) is 2.99. The van der Waals surface area contributed by atoms with E-state index in [1.165, 1.54) is 19.0 Å². The van der Waals surface area contributed by atoms with Crippen LogP contribution in [0.3, 0.4) is 0 Å². The highest BCUT2D eigenvalue weighted by atomic mass is 19.4. The zero-order valence-electron chi connectivity index (χ0n) is 19.7. The second-order valence-electron chi connectivity index (χ2n) is 8.13. The highest BCUT2D eigenvalue weighted by molar-refractivity contribution is 6.19. The lowest BCUT2D eigenvalue weighted by molar-refractivity contribution is -0.137. The van der Waals surface area contributed by atoms with Gasteiger partial charge in [-0.3, -0.25) is 10.2 Å². The van der Waals surface area contributed by atoms with Crippen molar-refractivity contribution in [2.24, 2.45) is 15.7 Å². The number of fused-ring (bicyclic) bond motifs is 1. The molecule has 4 N–H and O–H groups in total. The van der Waals surface area contributed by atoms with Crippen molar-refractivity contribution in [3.8, 4) is 0 Å². The highest BCUT2D eigenvalue weighted by Crippen LogP contribution is 2.32. The van der Waals surface area contributed by atoms with Crippen LogP contribution in [0.1, 0.15) is 22.4 Å². The first-order valence-corrected chi connectivity index (χ1v) is 10.9. The van der Waals surface area contributed by atoms with Gasteiger partial charge in [-0.2, -0.15) is 18.2 Å². The van der Waals surface area contributed by atoms with E-state index >= 15 is 0 Å². The lowest BCUT2D eigenvalue weighted by Crippen LogP contribution is -2.30. The number of halogens is 3. The molecule has 0 spiro atoms. The van der Waals surface area contributed by atoms with Gasteiger partial charge in [0.1, 0.15) is 5.69 Å². The fourth-order valence-electron chi connectivity index (χ4n) is 3.58. The number of anilines is 2. The molecule has 1 aliphatic rings. The average molecular weight is 509 g/mol. The molecule has 1 unspecified atom stereocenters. The van der Waals surface area contributed by atoms with E-state index in [1.54, 1.807) is 12.1 Å². The van der Waals surface area contributed by atoms with Gasteiger partial charge >= 0.3 is 6.18 Å². The van der Waals surface area contributed by atoms with Crippen LogP contribution in [0.5, 0.6) is 0 Å². The third-order valence-electron chi connectivity index (χ3n) is 5.32. The molecule has 37 heavy (non-hydrogen) atoms. The molecule has 0 radical (unpaired) electrons. The number of aliphatic imine (C=N–C) groups is 2. The molecule has 0 saturated carbocycles. The van der Waals surface area contributed by atoms with E-state index in [1.807, 2.05) is 42.5 Å². The van der Waals surface area contributed by atoms with Crippen molar-refractivity contribution in [2.45, 2.75) is 12.3 Å². The summed E-state index contributed by atoms with van der Waals surface area (Å²) in [6.07, 6.45) is -5.37.